The van der Waals surface area contributed by atoms with Crippen LogP contribution in [0.5, 0.6) is 11.5 Å². The summed E-state index contributed by atoms with van der Waals surface area (Å²) >= 11 is 5.32. The maximum Gasteiger partial charge on any atom is 0.281 e. The predicted molar refractivity (Wildman–Crippen MR) is 102 cm³/mol. The van der Waals surface area contributed by atoms with Crippen molar-refractivity contribution in [2.45, 2.75) is 13.8 Å². The molecule has 0 bridgehead atoms. The third-order valence-corrected chi connectivity index (χ3v) is 4.30. The van der Waals surface area contributed by atoms with Crippen molar-refractivity contribution in [2.24, 2.45) is 0 Å². The molecular formula is C19H18N2O3S. The minimum absolute atomic E-state index is 0.235. The van der Waals surface area contributed by atoms with Gasteiger partial charge in [-0.05, 0) is 73.1 Å². The van der Waals surface area contributed by atoms with Gasteiger partial charge in [0.25, 0.3) is 5.91 Å². The first kappa shape index (κ1) is 17.0. The minimum Gasteiger partial charge on any atom is -0.507 e. The lowest BCUT2D eigenvalue weighted by Crippen LogP contribution is -2.30. The van der Waals surface area contributed by atoms with E-state index in [1.54, 1.807) is 37.5 Å². The predicted octanol–water partition coefficient (Wildman–Crippen LogP) is 3.28. The topological polar surface area (TPSA) is 61.8 Å². The van der Waals surface area contributed by atoms with Gasteiger partial charge in [0, 0.05) is 6.07 Å². The molecule has 1 fully saturated rings. The molecule has 6 heteroatoms. The van der Waals surface area contributed by atoms with E-state index in [9.17, 15) is 9.90 Å². The highest BCUT2D eigenvalue weighted by Gasteiger charge is 2.32. The van der Waals surface area contributed by atoms with Gasteiger partial charge in [-0.3, -0.25) is 9.69 Å². The summed E-state index contributed by atoms with van der Waals surface area (Å²) in [5.74, 6) is 0.679. The number of nitrogens with one attached hydrogen (secondary N) is 1. The van der Waals surface area contributed by atoms with Crippen LogP contribution in [-0.2, 0) is 4.79 Å². The van der Waals surface area contributed by atoms with Gasteiger partial charge in [0.15, 0.2) is 5.11 Å². The van der Waals surface area contributed by atoms with Gasteiger partial charge in [0.05, 0.1) is 12.8 Å². The molecule has 0 radical (unpaired) electrons. The number of aromatic hydroxyl groups is 1. The van der Waals surface area contributed by atoms with Gasteiger partial charge in [0.1, 0.15) is 17.2 Å². The molecule has 1 aliphatic rings. The van der Waals surface area contributed by atoms with E-state index in [2.05, 4.69) is 5.32 Å². The van der Waals surface area contributed by atoms with E-state index in [4.69, 9.17) is 17.0 Å². The summed E-state index contributed by atoms with van der Waals surface area (Å²) in [4.78, 5) is 14.2. The number of hydrogen-bond acceptors (Lipinski definition) is 4. The van der Waals surface area contributed by atoms with Crippen molar-refractivity contribution in [3.05, 3.63) is 58.8 Å². The lowest BCUT2D eigenvalue weighted by atomic mass is 10.0. The third kappa shape index (κ3) is 3.21. The summed E-state index contributed by atoms with van der Waals surface area (Å²) < 4.78 is 5.20. The maximum atomic E-state index is 12.8. The Morgan fingerprint density at radius 3 is 2.52 bits per heavy atom. The lowest BCUT2D eigenvalue weighted by molar-refractivity contribution is -0.113. The number of rotatable bonds is 3. The van der Waals surface area contributed by atoms with Gasteiger partial charge in [-0.1, -0.05) is 6.07 Å². The SMILES string of the molecule is COc1cccc(N2C(=O)/C(=C/c3cc(C)c(O)c(C)c3)NC2=S)c1. The molecule has 2 aromatic carbocycles. The summed E-state index contributed by atoms with van der Waals surface area (Å²) in [6, 6.07) is 10.8. The molecule has 0 aliphatic carbocycles. The highest BCUT2D eigenvalue weighted by molar-refractivity contribution is 7.80. The highest BCUT2D eigenvalue weighted by Crippen LogP contribution is 2.27. The van der Waals surface area contributed by atoms with Crippen LogP contribution in [0.2, 0.25) is 0 Å². The monoisotopic (exact) mass is 354 g/mol. The van der Waals surface area contributed by atoms with Crippen molar-refractivity contribution in [1.82, 2.24) is 5.32 Å². The average Bonchev–Trinajstić information content (AvgIpc) is 2.86. The van der Waals surface area contributed by atoms with Gasteiger partial charge in [-0.25, -0.2) is 0 Å². The van der Waals surface area contributed by atoms with Crippen LogP contribution in [0.1, 0.15) is 16.7 Å². The van der Waals surface area contributed by atoms with Crippen LogP contribution in [0.4, 0.5) is 5.69 Å². The Morgan fingerprint density at radius 1 is 1.20 bits per heavy atom. The Morgan fingerprint density at radius 2 is 1.88 bits per heavy atom. The first-order chi connectivity index (χ1) is 11.9. The number of ether oxygens (including phenoxy) is 1. The fraction of sp³-hybridized carbons (Fsp3) is 0.158. The second-order valence-electron chi connectivity index (χ2n) is 5.83. The van der Waals surface area contributed by atoms with Crippen molar-refractivity contribution in [2.75, 3.05) is 12.0 Å². The van der Waals surface area contributed by atoms with Crippen LogP contribution in [-0.4, -0.2) is 23.2 Å². The number of methoxy groups -OCH3 is 1. The largest absolute Gasteiger partial charge is 0.507 e. The maximum absolute atomic E-state index is 12.8. The van der Waals surface area contributed by atoms with E-state index in [1.807, 2.05) is 26.0 Å². The van der Waals surface area contributed by atoms with E-state index in [0.29, 0.717) is 22.2 Å². The van der Waals surface area contributed by atoms with Crippen LogP contribution < -0.4 is 15.0 Å². The number of carbonyl (C=O) groups excluding carboxylic acids is 1. The number of benzene rings is 2. The van der Waals surface area contributed by atoms with Crippen molar-refractivity contribution >= 4 is 35.0 Å². The second-order valence-corrected chi connectivity index (χ2v) is 6.22. The highest BCUT2D eigenvalue weighted by atomic mass is 32.1. The fourth-order valence-electron chi connectivity index (χ4n) is 2.76. The molecule has 0 aromatic heterocycles. The standard InChI is InChI=1S/C19H18N2O3S/c1-11-7-13(8-12(2)17(11)22)9-16-18(23)21(19(25)20-16)14-5-4-6-15(10-14)24-3/h4-10,22H,1-3H3,(H,20,25)/b16-9-. The molecule has 1 amide bonds. The van der Waals surface area contributed by atoms with Crippen molar-refractivity contribution in [3.8, 4) is 11.5 Å². The zero-order valence-electron chi connectivity index (χ0n) is 14.2. The van der Waals surface area contributed by atoms with E-state index in [1.165, 1.54) is 4.90 Å². The zero-order valence-corrected chi connectivity index (χ0v) is 15.0. The summed E-state index contributed by atoms with van der Waals surface area (Å²) in [6.07, 6.45) is 1.73. The summed E-state index contributed by atoms with van der Waals surface area (Å²) in [7, 11) is 1.57. The molecule has 0 unspecified atom stereocenters. The molecule has 1 aliphatic heterocycles. The number of carbonyl (C=O) groups is 1. The Kier molecular flexibility index (Phi) is 4.46. The number of phenols is 1. The van der Waals surface area contributed by atoms with Crippen molar-refractivity contribution in [1.29, 1.82) is 0 Å². The first-order valence-electron chi connectivity index (χ1n) is 7.72. The van der Waals surface area contributed by atoms with E-state index in [-0.39, 0.29) is 11.7 Å². The van der Waals surface area contributed by atoms with Gasteiger partial charge in [0.2, 0.25) is 0 Å². The number of amides is 1. The normalized spacial score (nSPS) is 15.6. The molecule has 128 valence electrons. The van der Waals surface area contributed by atoms with Crippen LogP contribution in [0.15, 0.2) is 42.1 Å². The number of anilines is 1. The fourth-order valence-corrected chi connectivity index (χ4v) is 3.06. The van der Waals surface area contributed by atoms with Crippen molar-refractivity contribution < 1.29 is 14.6 Å². The average molecular weight is 354 g/mol. The number of thiocarbonyl (C=S) groups is 1. The molecule has 0 saturated carbocycles. The number of nitrogens with zero attached hydrogens (tertiary/aromatic N) is 1. The van der Waals surface area contributed by atoms with E-state index >= 15 is 0 Å². The molecule has 0 atom stereocenters. The molecule has 5 nitrogen and oxygen atoms in total. The van der Waals surface area contributed by atoms with Crippen LogP contribution >= 0.6 is 12.2 Å². The summed E-state index contributed by atoms with van der Waals surface area (Å²) in [5, 5.41) is 13.2. The molecule has 1 heterocycles. The number of aryl methyl sites for hydroxylation is 2. The minimum atomic E-state index is -0.235. The molecule has 2 N–H and O–H groups in total. The Bertz CT molecular complexity index is 882. The van der Waals surface area contributed by atoms with Crippen molar-refractivity contribution in [3.63, 3.8) is 0 Å². The van der Waals surface area contributed by atoms with Gasteiger partial charge in [-0.15, -0.1) is 0 Å². The van der Waals surface area contributed by atoms with E-state index in [0.717, 1.165) is 16.7 Å². The molecule has 2 aromatic rings. The molecule has 25 heavy (non-hydrogen) atoms. The Hall–Kier alpha value is -2.86. The first-order valence-corrected chi connectivity index (χ1v) is 8.13. The lowest BCUT2D eigenvalue weighted by Gasteiger charge is -2.14. The Balaban J connectivity index is 1.96. The quantitative estimate of drug-likeness (QED) is 0.654. The molecule has 1 saturated heterocycles. The van der Waals surface area contributed by atoms with Gasteiger partial charge >= 0.3 is 0 Å². The third-order valence-electron chi connectivity index (χ3n) is 4.01. The van der Waals surface area contributed by atoms with Crippen LogP contribution in [0.3, 0.4) is 0 Å². The number of phenolic OH excluding ortho intramolecular Hbond substituents is 1. The summed E-state index contributed by atoms with van der Waals surface area (Å²) in [6.45, 7) is 3.64. The molecular weight excluding hydrogens is 336 g/mol. The number of hydrogen-bond donors (Lipinski definition) is 2. The van der Waals surface area contributed by atoms with Gasteiger partial charge < -0.3 is 15.2 Å². The smallest absolute Gasteiger partial charge is 0.281 e. The Labute approximate surface area is 151 Å². The summed E-state index contributed by atoms with van der Waals surface area (Å²) in [5.41, 5.74) is 3.36. The molecule has 3 rings (SSSR count). The zero-order chi connectivity index (χ0) is 18.1. The van der Waals surface area contributed by atoms with E-state index < -0.39 is 0 Å². The van der Waals surface area contributed by atoms with Gasteiger partial charge in [-0.2, -0.15) is 0 Å². The van der Waals surface area contributed by atoms with Crippen LogP contribution in [0.25, 0.3) is 6.08 Å². The molecule has 0 spiro atoms. The van der Waals surface area contributed by atoms with Crippen LogP contribution in [0, 0.1) is 13.8 Å². The second kappa shape index (κ2) is 6.57.